The molecule has 1 heterocycles. The Labute approximate surface area is 322 Å². The number of carboxylic acids is 1. The summed E-state index contributed by atoms with van der Waals surface area (Å²) in [5.41, 5.74) is 1.13. The van der Waals surface area contributed by atoms with Crippen LogP contribution < -0.4 is 5.32 Å². The number of carboxylic acid groups (broad SMARTS) is 1. The lowest BCUT2D eigenvalue weighted by molar-refractivity contribution is -0.232. The minimum absolute atomic E-state index is 0.00346. The molecule has 5 fully saturated rings. The summed E-state index contributed by atoms with van der Waals surface area (Å²) in [6.07, 6.45) is 15.4. The normalized spacial score (nSPS) is 37.9. The van der Waals surface area contributed by atoms with Crippen LogP contribution in [-0.2, 0) is 29.5 Å². The lowest BCUT2D eigenvalue weighted by Gasteiger charge is -2.72. The quantitative estimate of drug-likeness (QED) is 0.191. The highest BCUT2D eigenvalue weighted by molar-refractivity contribution is 6.01. The number of Topliss-reactive ketones (excluding diaryl/α,β-unsaturated/α-hetero) is 1. The molecule has 0 saturated heterocycles. The van der Waals surface area contributed by atoms with E-state index in [2.05, 4.69) is 64.8 Å². The van der Waals surface area contributed by atoms with Crippen molar-refractivity contribution >= 4 is 23.6 Å². The molecule has 54 heavy (non-hydrogen) atoms. The Morgan fingerprint density at radius 3 is 2.30 bits per heavy atom. The molecule has 8 heteroatoms. The van der Waals surface area contributed by atoms with Gasteiger partial charge in [-0.15, -0.1) is 0 Å². The molecule has 2 N–H and O–H groups in total. The number of esters is 1. The number of rotatable bonds is 9. The van der Waals surface area contributed by atoms with Gasteiger partial charge < -0.3 is 15.2 Å². The molecule has 6 aliphatic carbocycles. The van der Waals surface area contributed by atoms with E-state index >= 15 is 0 Å². The van der Waals surface area contributed by atoms with Crippen LogP contribution in [0, 0.1) is 56.2 Å². The van der Waals surface area contributed by atoms with E-state index in [1.807, 2.05) is 18.2 Å². The number of ketones is 1. The van der Waals surface area contributed by atoms with Crippen molar-refractivity contribution < 1.29 is 29.0 Å². The van der Waals surface area contributed by atoms with Crippen molar-refractivity contribution in [1.82, 2.24) is 10.3 Å². The van der Waals surface area contributed by atoms with Crippen molar-refractivity contribution in [3.8, 4) is 0 Å². The third-order valence-electron chi connectivity index (χ3n) is 16.7. The second kappa shape index (κ2) is 12.9. The fourth-order valence-corrected chi connectivity index (χ4v) is 13.4. The minimum Gasteiger partial charge on any atom is -0.481 e. The van der Waals surface area contributed by atoms with Crippen LogP contribution in [0.4, 0.5) is 0 Å². The Balaban J connectivity index is 1.15. The van der Waals surface area contributed by atoms with E-state index < -0.39 is 28.3 Å². The predicted octanol–water partition coefficient (Wildman–Crippen LogP) is 9.14. The predicted molar refractivity (Wildman–Crippen MR) is 208 cm³/mol. The summed E-state index contributed by atoms with van der Waals surface area (Å²) < 4.78 is 6.17. The maximum absolute atomic E-state index is 14.1. The van der Waals surface area contributed by atoms with Crippen molar-refractivity contribution in [3.63, 3.8) is 0 Å². The van der Waals surface area contributed by atoms with Crippen LogP contribution in [-0.4, -0.2) is 39.8 Å². The molecule has 6 aliphatic rings. The van der Waals surface area contributed by atoms with Crippen molar-refractivity contribution in [1.29, 1.82) is 0 Å². The molecule has 1 amide bonds. The van der Waals surface area contributed by atoms with Gasteiger partial charge in [0.1, 0.15) is 6.10 Å². The SMILES string of the molecule is CC(C)C1=C2[C@H]3CC[C@H]4C(C)(CC[C@H]5C(C)(C)[C@@H](OC(=O)CC(C)(C)C(=O)O)CC[C@@]54C)[C@]3(C)CCC2(/C=C/C(=O)NC2(c3ccccn3)CC2)CC1=O. The average molecular weight is 741 g/mol. The number of amides is 1. The fraction of sp³-hybridized carbons (Fsp3) is 0.717. The number of allylic oxidation sites excluding steroid dienone is 3. The van der Waals surface area contributed by atoms with E-state index in [0.717, 1.165) is 75.5 Å². The van der Waals surface area contributed by atoms with Crippen molar-refractivity contribution in [3.05, 3.63) is 53.4 Å². The molecule has 0 aromatic carbocycles. The largest absolute Gasteiger partial charge is 0.481 e. The highest BCUT2D eigenvalue weighted by Crippen LogP contribution is 2.77. The van der Waals surface area contributed by atoms with Gasteiger partial charge in [0.05, 0.1) is 23.1 Å². The number of aromatic nitrogens is 1. The number of carbonyl (C=O) groups excluding carboxylic acids is 3. The van der Waals surface area contributed by atoms with E-state index in [9.17, 15) is 24.3 Å². The number of nitrogens with one attached hydrogen (secondary N) is 1. The first-order valence-electron chi connectivity index (χ1n) is 20.8. The highest BCUT2D eigenvalue weighted by atomic mass is 16.5. The summed E-state index contributed by atoms with van der Waals surface area (Å²) >= 11 is 0. The van der Waals surface area contributed by atoms with E-state index in [0.29, 0.717) is 18.3 Å². The third-order valence-corrected chi connectivity index (χ3v) is 16.7. The Bertz CT molecular complexity index is 1790. The number of aliphatic carboxylic acids is 1. The Morgan fingerprint density at radius 1 is 0.944 bits per heavy atom. The van der Waals surface area contributed by atoms with Crippen LogP contribution in [0.25, 0.3) is 0 Å². The maximum atomic E-state index is 14.1. The first-order valence-corrected chi connectivity index (χ1v) is 20.8. The molecule has 2 unspecified atom stereocenters. The first-order chi connectivity index (χ1) is 25.2. The van der Waals surface area contributed by atoms with Gasteiger partial charge in [-0.25, -0.2) is 0 Å². The van der Waals surface area contributed by atoms with Gasteiger partial charge in [-0.3, -0.25) is 24.2 Å². The molecule has 8 atom stereocenters. The molecule has 1 aromatic heterocycles. The van der Waals surface area contributed by atoms with Gasteiger partial charge in [0.15, 0.2) is 5.78 Å². The Kier molecular flexibility index (Phi) is 9.29. The molecule has 8 nitrogen and oxygen atoms in total. The molecule has 294 valence electrons. The van der Waals surface area contributed by atoms with Crippen LogP contribution in [0.3, 0.4) is 0 Å². The van der Waals surface area contributed by atoms with E-state index in [4.69, 9.17) is 4.74 Å². The van der Waals surface area contributed by atoms with Gasteiger partial charge in [-0.2, -0.15) is 0 Å². The number of carbonyl (C=O) groups is 4. The first kappa shape index (κ1) is 39.0. The second-order valence-corrected chi connectivity index (χ2v) is 20.7. The zero-order valence-electron chi connectivity index (χ0n) is 34.3. The fourth-order valence-electron chi connectivity index (χ4n) is 13.4. The lowest BCUT2D eigenvalue weighted by atomic mass is 9.33. The zero-order valence-corrected chi connectivity index (χ0v) is 34.3. The number of ether oxygens (including phenoxy) is 1. The molecule has 7 rings (SSSR count). The summed E-state index contributed by atoms with van der Waals surface area (Å²) in [5.74, 6) is -0.0170. The average Bonchev–Trinajstić information content (AvgIpc) is 3.80. The molecular weight excluding hydrogens is 677 g/mol. The standard InChI is InChI=1S/C46H64N2O6/c1-28(2)37-30(49)26-45(20-17-35(50)48-46(23-24-46)33-12-10-11-25-47-33)22-21-43(8)29(38(37)45)13-14-32-42(7)18-16-34(54-36(51)27-40(3,4)39(52)53)41(5,6)31(42)15-19-44(32,43)9/h10-12,17,20,25,28-29,31-32,34H,13-16,18-19,21-24,26-27H2,1-9H3,(H,48,50)(H,52,53)/b20-17+/t29-,31+,32-,34+,42+,43-,44?,45?/m1/s1. The Morgan fingerprint density at radius 2 is 1.67 bits per heavy atom. The molecule has 1 aromatic rings. The topological polar surface area (TPSA) is 123 Å². The second-order valence-electron chi connectivity index (χ2n) is 20.7. The lowest BCUT2D eigenvalue weighted by Crippen LogP contribution is -2.65. The van der Waals surface area contributed by atoms with Crippen LogP contribution >= 0.6 is 0 Å². The molecule has 0 spiro atoms. The summed E-state index contributed by atoms with van der Waals surface area (Å²) in [7, 11) is 0. The number of pyridine rings is 1. The van der Waals surface area contributed by atoms with Crippen LogP contribution in [0.2, 0.25) is 0 Å². The van der Waals surface area contributed by atoms with E-state index in [-0.39, 0.29) is 57.7 Å². The molecular formula is C46H64N2O6. The maximum Gasteiger partial charge on any atom is 0.309 e. The summed E-state index contributed by atoms with van der Waals surface area (Å²) in [6.45, 7) is 19.6. The zero-order chi connectivity index (χ0) is 39.3. The van der Waals surface area contributed by atoms with E-state index in [1.165, 1.54) is 5.57 Å². The molecule has 5 saturated carbocycles. The summed E-state index contributed by atoms with van der Waals surface area (Å²) in [5, 5.41) is 12.9. The van der Waals surface area contributed by atoms with Gasteiger partial charge in [0, 0.05) is 23.4 Å². The number of hydrogen-bond donors (Lipinski definition) is 2. The van der Waals surface area contributed by atoms with Crippen molar-refractivity contribution in [2.45, 2.75) is 151 Å². The van der Waals surface area contributed by atoms with E-state index in [1.54, 1.807) is 26.1 Å². The van der Waals surface area contributed by atoms with Crippen LogP contribution in [0.5, 0.6) is 0 Å². The molecule has 0 aliphatic heterocycles. The van der Waals surface area contributed by atoms with Crippen molar-refractivity contribution in [2.75, 3.05) is 0 Å². The molecule has 0 bridgehead atoms. The van der Waals surface area contributed by atoms with Gasteiger partial charge >= 0.3 is 11.9 Å². The van der Waals surface area contributed by atoms with Gasteiger partial charge in [0.25, 0.3) is 0 Å². The highest BCUT2D eigenvalue weighted by Gasteiger charge is 2.70. The van der Waals surface area contributed by atoms with Gasteiger partial charge in [0.2, 0.25) is 5.91 Å². The summed E-state index contributed by atoms with van der Waals surface area (Å²) in [4.78, 5) is 57.1. The monoisotopic (exact) mass is 740 g/mol. The molecule has 0 radical (unpaired) electrons. The smallest absolute Gasteiger partial charge is 0.309 e. The van der Waals surface area contributed by atoms with Gasteiger partial charge in [-0.05, 0) is 147 Å². The third kappa shape index (κ3) is 5.85. The van der Waals surface area contributed by atoms with Crippen molar-refractivity contribution in [2.24, 2.45) is 56.2 Å². The van der Waals surface area contributed by atoms with Crippen LogP contribution in [0.15, 0.2) is 47.7 Å². The Hall–Kier alpha value is -3.29. The summed E-state index contributed by atoms with van der Waals surface area (Å²) in [6, 6.07) is 5.85. The van der Waals surface area contributed by atoms with Crippen LogP contribution in [0.1, 0.15) is 145 Å². The minimum atomic E-state index is -1.17. The number of hydrogen-bond acceptors (Lipinski definition) is 6. The number of nitrogens with zero attached hydrogens (tertiary/aromatic N) is 1. The van der Waals surface area contributed by atoms with Gasteiger partial charge in [-0.1, -0.05) is 60.6 Å². The number of fused-ring (bicyclic) bond motifs is 7.